The third kappa shape index (κ3) is 3.84. The molecule has 5 aromatic rings. The van der Waals surface area contributed by atoms with Crippen LogP contribution in [-0.4, -0.2) is 13.3 Å². The summed E-state index contributed by atoms with van der Waals surface area (Å²) in [7, 11) is 0. The third-order valence-corrected chi connectivity index (χ3v) is 9.82. The minimum atomic E-state index is -0.421. The van der Waals surface area contributed by atoms with Gasteiger partial charge in [-0.05, 0) is 94.2 Å². The normalized spacial score (nSPS) is 19.7. The summed E-state index contributed by atoms with van der Waals surface area (Å²) in [6.45, 7) is -0.621. The molecule has 2 aliphatic carbocycles. The molecule has 0 saturated carbocycles. The average Bonchev–Trinajstić information content (AvgIpc) is 3.51. The Morgan fingerprint density at radius 1 is 0.381 bits per heavy atom. The van der Waals surface area contributed by atoms with Crippen LogP contribution < -0.4 is 0 Å². The lowest BCUT2D eigenvalue weighted by molar-refractivity contribution is 0.423. The molecule has 2 atom stereocenters. The zero-order valence-corrected chi connectivity index (χ0v) is 24.0. The van der Waals surface area contributed by atoms with Crippen molar-refractivity contribution < 1.29 is 8.78 Å². The Balaban J connectivity index is 1.63. The van der Waals surface area contributed by atoms with Crippen molar-refractivity contribution in [3.8, 4) is 22.3 Å². The first kappa shape index (κ1) is 26.8. The molecule has 2 aliphatic rings. The summed E-state index contributed by atoms with van der Waals surface area (Å²) in [6.07, 6.45) is 4.31. The van der Waals surface area contributed by atoms with Gasteiger partial charge in [0.25, 0.3) is 0 Å². The van der Waals surface area contributed by atoms with Crippen LogP contribution in [0.2, 0.25) is 0 Å². The number of rotatable bonds is 10. The second-order valence-electron chi connectivity index (χ2n) is 11.8. The molecule has 2 heteroatoms. The molecule has 0 spiro atoms. The van der Waals surface area contributed by atoms with Gasteiger partial charge in [-0.1, -0.05) is 121 Å². The molecule has 0 N–H and O–H groups in total. The first-order valence-corrected chi connectivity index (χ1v) is 15.4. The first-order chi connectivity index (χ1) is 20.8. The van der Waals surface area contributed by atoms with Crippen LogP contribution in [0.1, 0.15) is 71.9 Å². The van der Waals surface area contributed by atoms with Crippen LogP contribution in [0.5, 0.6) is 0 Å². The highest BCUT2D eigenvalue weighted by Gasteiger charge is 2.53. The highest BCUT2D eigenvalue weighted by Crippen LogP contribution is 2.64. The lowest BCUT2D eigenvalue weighted by Gasteiger charge is -2.40. The van der Waals surface area contributed by atoms with E-state index in [4.69, 9.17) is 0 Å². The number of hydrogen-bond acceptors (Lipinski definition) is 0. The summed E-state index contributed by atoms with van der Waals surface area (Å²) in [5.74, 6) is 0. The fraction of sp³-hybridized carbons (Fsp3) is 0.250. The molecule has 210 valence electrons. The Hall–Kier alpha value is -4.04. The van der Waals surface area contributed by atoms with Crippen LogP contribution in [0.4, 0.5) is 8.78 Å². The molecule has 42 heavy (non-hydrogen) atoms. The first-order valence-electron chi connectivity index (χ1n) is 15.4. The van der Waals surface area contributed by atoms with Crippen molar-refractivity contribution in [3.05, 3.63) is 155 Å². The van der Waals surface area contributed by atoms with Crippen molar-refractivity contribution >= 4 is 0 Å². The zero-order valence-electron chi connectivity index (χ0n) is 24.0. The maximum Gasteiger partial charge on any atom is 0.0894 e. The lowest BCUT2D eigenvalue weighted by Crippen LogP contribution is -2.34. The topological polar surface area (TPSA) is 0 Å². The number of unbranched alkanes of at least 4 members (excludes halogenated alkanes) is 2. The Morgan fingerprint density at radius 2 is 0.762 bits per heavy atom. The Bertz CT molecular complexity index is 1580. The van der Waals surface area contributed by atoms with E-state index in [0.29, 0.717) is 12.8 Å². The summed E-state index contributed by atoms with van der Waals surface area (Å²) in [5, 5.41) is 0. The smallest absolute Gasteiger partial charge is 0.0894 e. The van der Waals surface area contributed by atoms with Crippen LogP contribution in [0, 0.1) is 0 Å². The van der Waals surface area contributed by atoms with Crippen LogP contribution >= 0.6 is 0 Å². The van der Waals surface area contributed by atoms with E-state index in [0.717, 1.165) is 25.7 Å². The minimum absolute atomic E-state index is 0.311. The molecule has 2 unspecified atom stereocenters. The lowest BCUT2D eigenvalue weighted by atomic mass is 9.61. The van der Waals surface area contributed by atoms with Gasteiger partial charge >= 0.3 is 0 Å². The molecule has 5 aromatic carbocycles. The molecule has 0 nitrogen and oxygen atoms in total. The maximum atomic E-state index is 13.7. The van der Waals surface area contributed by atoms with Gasteiger partial charge in [0.1, 0.15) is 0 Å². The van der Waals surface area contributed by atoms with E-state index in [1.54, 1.807) is 0 Å². The molecule has 0 saturated heterocycles. The molecule has 0 aliphatic heterocycles. The van der Waals surface area contributed by atoms with Crippen molar-refractivity contribution in [1.82, 2.24) is 0 Å². The molecule has 0 aromatic heterocycles. The quantitative estimate of drug-likeness (QED) is 0.151. The van der Waals surface area contributed by atoms with E-state index in [1.165, 1.54) is 55.6 Å². The summed E-state index contributed by atoms with van der Waals surface area (Å²) in [5.41, 5.74) is 12.1. The fourth-order valence-corrected chi connectivity index (χ4v) is 8.21. The van der Waals surface area contributed by atoms with Crippen molar-refractivity contribution in [1.29, 1.82) is 0 Å². The molecule has 0 amide bonds. The van der Waals surface area contributed by atoms with Gasteiger partial charge in [-0.3, -0.25) is 8.78 Å². The molecule has 0 bridgehead atoms. The zero-order chi connectivity index (χ0) is 28.6. The van der Waals surface area contributed by atoms with E-state index in [-0.39, 0.29) is 13.3 Å². The van der Waals surface area contributed by atoms with Crippen molar-refractivity contribution in [2.45, 2.75) is 49.4 Å². The molecule has 0 fully saturated rings. The summed E-state index contributed by atoms with van der Waals surface area (Å²) >= 11 is 0. The maximum absolute atomic E-state index is 13.7. The molecular weight excluding hydrogens is 518 g/mol. The Morgan fingerprint density at radius 3 is 1.17 bits per heavy atom. The third-order valence-electron chi connectivity index (χ3n) is 9.82. The van der Waals surface area contributed by atoms with Gasteiger partial charge in [0, 0.05) is 10.8 Å². The van der Waals surface area contributed by atoms with Crippen LogP contribution in [0.25, 0.3) is 22.3 Å². The Kier molecular flexibility index (Phi) is 7.02. The molecule has 0 radical (unpaired) electrons. The van der Waals surface area contributed by atoms with Gasteiger partial charge in [0.2, 0.25) is 0 Å². The SMILES string of the molecule is FCCCCC1(c2ccccc2)c2ccccc2-c2ccc3c(c21)C(CCCCF)(c1ccccc1)c1ccccc1-3. The highest BCUT2D eigenvalue weighted by molar-refractivity contribution is 5.94. The monoisotopic (exact) mass is 554 g/mol. The molecular formula is C40H36F2. The van der Waals surface area contributed by atoms with Gasteiger partial charge in [-0.2, -0.15) is 0 Å². The average molecular weight is 555 g/mol. The van der Waals surface area contributed by atoms with Gasteiger partial charge in [0.05, 0.1) is 13.3 Å². The Labute approximate surface area is 248 Å². The van der Waals surface area contributed by atoms with Crippen molar-refractivity contribution in [2.24, 2.45) is 0 Å². The molecule has 7 rings (SSSR count). The molecule has 0 heterocycles. The highest BCUT2D eigenvalue weighted by atomic mass is 19.1. The summed E-state index contributed by atoms with van der Waals surface area (Å²) < 4.78 is 27.3. The number of hydrogen-bond donors (Lipinski definition) is 0. The number of halogens is 2. The van der Waals surface area contributed by atoms with E-state index in [2.05, 4.69) is 121 Å². The van der Waals surface area contributed by atoms with Gasteiger partial charge in [-0.15, -0.1) is 0 Å². The van der Waals surface area contributed by atoms with Crippen molar-refractivity contribution in [3.63, 3.8) is 0 Å². The van der Waals surface area contributed by atoms with Crippen LogP contribution in [0.15, 0.2) is 121 Å². The van der Waals surface area contributed by atoms with E-state index in [9.17, 15) is 8.78 Å². The number of fused-ring (bicyclic) bond motifs is 7. The predicted molar refractivity (Wildman–Crippen MR) is 170 cm³/mol. The number of benzene rings is 5. The van der Waals surface area contributed by atoms with Gasteiger partial charge < -0.3 is 0 Å². The van der Waals surface area contributed by atoms with E-state index < -0.39 is 10.8 Å². The van der Waals surface area contributed by atoms with Gasteiger partial charge in [0.15, 0.2) is 0 Å². The van der Waals surface area contributed by atoms with Crippen LogP contribution in [0.3, 0.4) is 0 Å². The standard InChI is InChI=1S/C40H36F2/c41-27-13-11-25-39(29-15-3-1-4-16-29)35-21-9-7-19-31(35)33-23-24-34-32-20-8-10-22-36(32)40(26-12-14-28-42,38(34)37(33)39)30-17-5-2-6-18-30/h1-10,15-24H,11-14,25-28H2. The summed E-state index contributed by atoms with van der Waals surface area (Å²) in [6, 6.07) is 44.1. The van der Waals surface area contributed by atoms with Crippen molar-refractivity contribution in [2.75, 3.05) is 13.3 Å². The van der Waals surface area contributed by atoms with E-state index in [1.807, 2.05) is 0 Å². The summed E-state index contributed by atoms with van der Waals surface area (Å²) in [4.78, 5) is 0. The van der Waals surface area contributed by atoms with Gasteiger partial charge in [-0.25, -0.2) is 0 Å². The second-order valence-corrected chi connectivity index (χ2v) is 11.8. The fourth-order valence-electron chi connectivity index (χ4n) is 8.21. The van der Waals surface area contributed by atoms with Crippen LogP contribution in [-0.2, 0) is 10.8 Å². The predicted octanol–water partition coefficient (Wildman–Crippen LogP) is 10.6. The second kappa shape index (κ2) is 11.0. The minimum Gasteiger partial charge on any atom is -0.251 e. The number of alkyl halides is 2. The largest absolute Gasteiger partial charge is 0.251 e. The van der Waals surface area contributed by atoms with E-state index >= 15 is 0 Å².